The minimum Gasteiger partial charge on any atom is -0.477 e. The number of likely N-dealkylation sites (tertiary alicyclic amines) is 1. The highest BCUT2D eigenvalue weighted by Crippen LogP contribution is 2.25. The van der Waals surface area contributed by atoms with Crippen molar-refractivity contribution >= 4 is 22.8 Å². The van der Waals surface area contributed by atoms with E-state index in [1.165, 1.54) is 0 Å². The second-order valence-electron chi connectivity index (χ2n) is 8.20. The Labute approximate surface area is 169 Å². The molecule has 0 radical (unpaired) electrons. The molecule has 0 unspecified atom stereocenters. The molecule has 2 aliphatic rings. The molecular weight excluding hydrogens is 372 g/mol. The molecule has 2 N–H and O–H groups in total. The molecule has 2 atom stereocenters. The summed E-state index contributed by atoms with van der Waals surface area (Å²) >= 11 is 0. The second kappa shape index (κ2) is 7.78. The van der Waals surface area contributed by atoms with E-state index in [4.69, 9.17) is 0 Å². The van der Waals surface area contributed by atoms with Crippen LogP contribution in [0, 0.1) is 0 Å². The summed E-state index contributed by atoms with van der Waals surface area (Å²) in [5, 5.41) is 20.1. The van der Waals surface area contributed by atoms with Crippen LogP contribution in [0.4, 0.5) is 0 Å². The van der Waals surface area contributed by atoms with Crippen molar-refractivity contribution in [1.82, 2.24) is 19.3 Å². The lowest BCUT2D eigenvalue weighted by Gasteiger charge is -2.37. The maximum atomic E-state index is 12.8. The number of aliphatic hydroxyl groups is 1. The Morgan fingerprint density at radius 2 is 1.86 bits per heavy atom. The lowest BCUT2D eigenvalue weighted by Crippen LogP contribution is -2.52. The van der Waals surface area contributed by atoms with Crippen molar-refractivity contribution in [3.63, 3.8) is 0 Å². The summed E-state index contributed by atoms with van der Waals surface area (Å²) in [6, 6.07) is 7.44. The summed E-state index contributed by atoms with van der Waals surface area (Å²) in [5.74, 6) is -0.817. The summed E-state index contributed by atoms with van der Waals surface area (Å²) in [6.07, 6.45) is 0.0911. The molecule has 2 saturated heterocycles. The number of aromatic nitrogens is 1. The zero-order valence-electron chi connectivity index (χ0n) is 16.9. The zero-order chi connectivity index (χ0) is 20.7. The van der Waals surface area contributed by atoms with E-state index < -0.39 is 12.1 Å². The van der Waals surface area contributed by atoms with Gasteiger partial charge in [0.2, 0.25) is 5.91 Å². The van der Waals surface area contributed by atoms with Crippen LogP contribution in [0.15, 0.2) is 24.3 Å². The minimum absolute atomic E-state index is 0.110. The van der Waals surface area contributed by atoms with Crippen LogP contribution in [-0.2, 0) is 18.4 Å². The van der Waals surface area contributed by atoms with Gasteiger partial charge in [0.15, 0.2) is 0 Å². The van der Waals surface area contributed by atoms with Crippen LogP contribution in [0.1, 0.15) is 22.5 Å². The van der Waals surface area contributed by atoms with Crippen molar-refractivity contribution in [1.29, 1.82) is 0 Å². The number of carboxylic acid groups (broad SMARTS) is 1. The van der Waals surface area contributed by atoms with Crippen molar-refractivity contribution < 1.29 is 19.8 Å². The third kappa shape index (κ3) is 3.75. The Bertz CT molecular complexity index is 932. The number of nitrogens with zero attached hydrogens (tertiary/aromatic N) is 4. The Hall–Kier alpha value is -2.42. The van der Waals surface area contributed by atoms with Crippen LogP contribution in [0.5, 0.6) is 0 Å². The monoisotopic (exact) mass is 400 g/mol. The Kier molecular flexibility index (Phi) is 5.33. The van der Waals surface area contributed by atoms with Gasteiger partial charge in [0.1, 0.15) is 5.69 Å². The molecule has 2 fully saturated rings. The van der Waals surface area contributed by atoms with E-state index in [0.717, 1.165) is 36.1 Å². The average molecular weight is 400 g/mol. The molecule has 0 spiro atoms. The first-order chi connectivity index (χ1) is 13.8. The molecule has 0 aliphatic carbocycles. The lowest BCUT2D eigenvalue weighted by atomic mass is 10.1. The van der Waals surface area contributed by atoms with Crippen molar-refractivity contribution in [3.05, 3.63) is 35.5 Å². The number of carbonyl (C=O) groups is 2. The predicted octanol–water partition coefficient (Wildman–Crippen LogP) is 0.586. The number of benzene rings is 1. The fourth-order valence-corrected chi connectivity index (χ4v) is 4.67. The topological polar surface area (TPSA) is 89.2 Å². The molecule has 1 aromatic heterocycles. The average Bonchev–Trinajstić information content (AvgIpc) is 3.21. The van der Waals surface area contributed by atoms with Gasteiger partial charge in [-0.25, -0.2) is 4.79 Å². The lowest BCUT2D eigenvalue weighted by molar-refractivity contribution is -0.137. The number of amides is 1. The molecule has 4 rings (SSSR count). The molecule has 0 saturated carbocycles. The van der Waals surface area contributed by atoms with Crippen molar-refractivity contribution in [3.8, 4) is 0 Å². The summed E-state index contributed by atoms with van der Waals surface area (Å²) < 4.78 is 1.74. The summed E-state index contributed by atoms with van der Waals surface area (Å²) in [4.78, 5) is 30.4. The first-order valence-corrected chi connectivity index (χ1v) is 10.0. The Balaban J connectivity index is 1.43. The minimum atomic E-state index is -0.927. The van der Waals surface area contributed by atoms with Crippen LogP contribution in [0.25, 0.3) is 10.9 Å². The van der Waals surface area contributed by atoms with Crippen LogP contribution < -0.4 is 0 Å². The fourth-order valence-electron chi connectivity index (χ4n) is 4.67. The maximum Gasteiger partial charge on any atom is 0.352 e. The largest absolute Gasteiger partial charge is 0.477 e. The summed E-state index contributed by atoms with van der Waals surface area (Å²) in [6.45, 7) is 4.16. The van der Waals surface area contributed by atoms with Gasteiger partial charge in [-0.2, -0.15) is 0 Å². The summed E-state index contributed by atoms with van der Waals surface area (Å²) in [7, 11) is 3.68. The highest BCUT2D eigenvalue weighted by molar-refractivity contribution is 5.95. The number of aromatic carboxylic acids is 1. The number of hydrogen-bond acceptors (Lipinski definition) is 5. The Morgan fingerprint density at radius 1 is 1.14 bits per heavy atom. The standard InChI is InChI=1S/C21H28N4O4/c1-22-13-16(26)11-17(22)20(27)25-8-6-24(7-9-25)12-15-5-3-4-14-10-18(21(28)29)23(2)19(14)15/h3-5,10,16-17,26H,6-9,11-13H2,1-2H3,(H,28,29)/t16-,17+/m0/s1. The number of carbonyl (C=O) groups excluding carboxylic acids is 1. The number of fused-ring (bicyclic) bond motifs is 1. The van der Waals surface area contributed by atoms with Crippen molar-refractivity contribution in [2.24, 2.45) is 7.05 Å². The SMILES string of the molecule is CN1C[C@@H](O)C[C@@H]1C(=O)N1CCN(Cc2cccc3cc(C(=O)O)n(C)c23)CC1. The zero-order valence-corrected chi connectivity index (χ0v) is 16.9. The number of rotatable bonds is 4. The van der Waals surface area contributed by atoms with E-state index in [0.29, 0.717) is 26.1 Å². The number of aryl methyl sites for hydroxylation is 1. The number of likely N-dealkylation sites (N-methyl/N-ethyl adjacent to an activating group) is 1. The number of β-amino-alcohol motifs (C(OH)–C–C–N with tert-alkyl or cyclic N) is 1. The van der Waals surface area contributed by atoms with E-state index in [1.807, 2.05) is 35.0 Å². The third-order valence-corrected chi connectivity index (χ3v) is 6.25. The molecule has 156 valence electrons. The Morgan fingerprint density at radius 3 is 2.48 bits per heavy atom. The maximum absolute atomic E-state index is 12.8. The molecule has 2 aliphatic heterocycles. The normalized spacial score (nSPS) is 23.8. The van der Waals surface area contributed by atoms with Gasteiger partial charge in [-0.1, -0.05) is 18.2 Å². The first-order valence-electron chi connectivity index (χ1n) is 10.0. The van der Waals surface area contributed by atoms with Crippen LogP contribution in [0.2, 0.25) is 0 Å². The molecule has 1 aromatic carbocycles. The predicted molar refractivity (Wildman–Crippen MR) is 109 cm³/mol. The highest BCUT2D eigenvalue weighted by atomic mass is 16.4. The van der Waals surface area contributed by atoms with Gasteiger partial charge in [-0.3, -0.25) is 14.6 Å². The van der Waals surface area contributed by atoms with Gasteiger partial charge >= 0.3 is 5.97 Å². The molecular formula is C21H28N4O4. The van der Waals surface area contributed by atoms with Crippen LogP contribution in [0.3, 0.4) is 0 Å². The van der Waals surface area contributed by atoms with Crippen LogP contribution >= 0.6 is 0 Å². The molecule has 8 nitrogen and oxygen atoms in total. The van der Waals surface area contributed by atoms with Gasteiger partial charge < -0.3 is 19.7 Å². The molecule has 8 heteroatoms. The van der Waals surface area contributed by atoms with E-state index in [-0.39, 0.29) is 17.6 Å². The molecule has 1 amide bonds. The van der Waals surface area contributed by atoms with Gasteiger partial charge in [-0.15, -0.1) is 0 Å². The number of aliphatic hydroxyl groups excluding tert-OH is 1. The van der Waals surface area contributed by atoms with Gasteiger partial charge in [0, 0.05) is 51.7 Å². The molecule has 2 aromatic rings. The second-order valence-corrected chi connectivity index (χ2v) is 8.20. The molecule has 0 bridgehead atoms. The van der Waals surface area contributed by atoms with E-state index >= 15 is 0 Å². The van der Waals surface area contributed by atoms with Crippen molar-refractivity contribution in [2.45, 2.75) is 25.1 Å². The highest BCUT2D eigenvalue weighted by Gasteiger charge is 2.36. The first kappa shape index (κ1) is 19.9. The number of hydrogen-bond donors (Lipinski definition) is 2. The van der Waals surface area contributed by atoms with Gasteiger partial charge in [-0.05, 0) is 25.1 Å². The third-order valence-electron chi connectivity index (χ3n) is 6.25. The quantitative estimate of drug-likeness (QED) is 0.781. The number of para-hydroxylation sites is 1. The fraction of sp³-hybridized carbons (Fsp3) is 0.524. The van der Waals surface area contributed by atoms with Gasteiger partial charge in [0.25, 0.3) is 0 Å². The van der Waals surface area contributed by atoms with E-state index in [1.54, 1.807) is 17.7 Å². The van der Waals surface area contributed by atoms with E-state index in [9.17, 15) is 19.8 Å². The van der Waals surface area contributed by atoms with Gasteiger partial charge in [0.05, 0.1) is 17.7 Å². The molecule has 29 heavy (non-hydrogen) atoms. The summed E-state index contributed by atoms with van der Waals surface area (Å²) in [5.41, 5.74) is 2.33. The molecule has 3 heterocycles. The van der Waals surface area contributed by atoms with Crippen molar-refractivity contribution in [2.75, 3.05) is 39.8 Å². The van der Waals surface area contributed by atoms with Crippen LogP contribution in [-0.4, -0.2) is 93.3 Å². The number of piperazine rings is 1. The smallest absolute Gasteiger partial charge is 0.352 e. The number of carboxylic acids is 1. The van der Waals surface area contributed by atoms with E-state index in [2.05, 4.69) is 4.90 Å².